The second-order valence-electron chi connectivity index (χ2n) is 11.9. The van der Waals surface area contributed by atoms with Gasteiger partial charge in [0.05, 0.1) is 17.8 Å². The zero-order valence-electron chi connectivity index (χ0n) is 22.1. The van der Waals surface area contributed by atoms with Gasteiger partial charge in [-0.1, -0.05) is 38.2 Å². The van der Waals surface area contributed by atoms with Crippen molar-refractivity contribution in [2.75, 3.05) is 25.0 Å². The molecule has 2 aromatic heterocycles. The van der Waals surface area contributed by atoms with E-state index in [9.17, 15) is 9.59 Å². The van der Waals surface area contributed by atoms with Crippen molar-refractivity contribution in [3.05, 3.63) is 41.3 Å². The lowest BCUT2D eigenvalue weighted by molar-refractivity contribution is 0.0299. The second kappa shape index (κ2) is 9.74. The first-order chi connectivity index (χ1) is 17.9. The Morgan fingerprint density at radius 2 is 1.95 bits per heavy atom. The van der Waals surface area contributed by atoms with Gasteiger partial charge in [0.2, 0.25) is 0 Å². The van der Waals surface area contributed by atoms with Crippen molar-refractivity contribution in [3.8, 4) is 0 Å². The molecule has 0 aromatic carbocycles. The van der Waals surface area contributed by atoms with E-state index in [2.05, 4.69) is 44.1 Å². The van der Waals surface area contributed by atoms with Crippen LogP contribution in [0.15, 0.2) is 24.4 Å². The predicted octanol–water partition coefficient (Wildman–Crippen LogP) is 4.35. The van der Waals surface area contributed by atoms with E-state index in [4.69, 9.17) is 0 Å². The van der Waals surface area contributed by atoms with Crippen LogP contribution in [0.3, 0.4) is 0 Å². The molecule has 9 heteroatoms. The van der Waals surface area contributed by atoms with Crippen molar-refractivity contribution in [1.29, 1.82) is 0 Å². The number of anilines is 1. The van der Waals surface area contributed by atoms with Gasteiger partial charge in [0.25, 0.3) is 5.91 Å². The maximum Gasteiger partial charge on any atom is 0.321 e. The molecular formula is C28H39N7O2. The highest BCUT2D eigenvalue weighted by molar-refractivity contribution is 6.02. The second-order valence-corrected chi connectivity index (χ2v) is 11.9. The number of H-pyrrole nitrogens is 1. The summed E-state index contributed by atoms with van der Waals surface area (Å²) in [5, 5.41) is 10.4. The number of piperazine rings is 1. The molecule has 5 heterocycles. The van der Waals surface area contributed by atoms with Gasteiger partial charge in [0.15, 0.2) is 5.82 Å². The van der Waals surface area contributed by atoms with Crippen LogP contribution in [0.25, 0.3) is 0 Å². The van der Waals surface area contributed by atoms with Crippen molar-refractivity contribution in [2.24, 2.45) is 5.92 Å². The Kier molecular flexibility index (Phi) is 6.42. The van der Waals surface area contributed by atoms with Crippen LogP contribution in [0.1, 0.15) is 87.0 Å². The van der Waals surface area contributed by atoms with Crippen molar-refractivity contribution in [1.82, 2.24) is 29.9 Å². The number of rotatable bonds is 4. The van der Waals surface area contributed by atoms with Crippen LogP contribution in [0.4, 0.5) is 10.6 Å². The summed E-state index contributed by atoms with van der Waals surface area (Å²) < 4.78 is 0. The number of amides is 3. The number of hydrogen-bond acceptors (Lipinski definition) is 5. The summed E-state index contributed by atoms with van der Waals surface area (Å²) in [6, 6.07) is 6.10. The molecule has 0 bridgehead atoms. The Labute approximate surface area is 219 Å². The fourth-order valence-corrected chi connectivity index (χ4v) is 7.08. The molecule has 37 heavy (non-hydrogen) atoms. The lowest BCUT2D eigenvalue weighted by Gasteiger charge is -2.47. The molecule has 1 aliphatic carbocycles. The van der Waals surface area contributed by atoms with Crippen molar-refractivity contribution in [2.45, 2.75) is 89.4 Å². The van der Waals surface area contributed by atoms with E-state index in [1.807, 2.05) is 4.90 Å². The van der Waals surface area contributed by atoms with Crippen molar-refractivity contribution >= 4 is 17.8 Å². The molecule has 4 aliphatic rings. The molecule has 3 amide bonds. The van der Waals surface area contributed by atoms with E-state index in [1.165, 1.54) is 51.5 Å². The molecule has 6 rings (SSSR count). The van der Waals surface area contributed by atoms with Gasteiger partial charge in [0.1, 0.15) is 5.69 Å². The third-order valence-corrected chi connectivity index (χ3v) is 9.20. The Bertz CT molecular complexity index is 1140. The minimum Gasteiger partial charge on any atom is -0.319 e. The standard InChI is InChI=1S/C28H39N7O2/c1-28(2)24-22(25(32-31-24)30-26(36)23-12-6-7-13-29-23)18-35(28)27(37)34-17-20-11-8-14-33(20)16-21(34)15-19-9-4-3-5-10-19/h6-7,12-13,19-21H,3-5,8-11,14-18H2,1-2H3,(H2,30,31,32,36)/t20-,21?/m0/s1. The molecule has 3 fully saturated rings. The zero-order valence-corrected chi connectivity index (χ0v) is 22.1. The van der Waals surface area contributed by atoms with E-state index in [0.29, 0.717) is 24.1 Å². The van der Waals surface area contributed by atoms with Gasteiger partial charge in [0, 0.05) is 36.9 Å². The number of fused-ring (bicyclic) bond motifs is 2. The first-order valence-electron chi connectivity index (χ1n) is 14.0. The smallest absolute Gasteiger partial charge is 0.319 e. The third kappa shape index (κ3) is 4.51. The van der Waals surface area contributed by atoms with Crippen molar-refractivity contribution < 1.29 is 9.59 Å². The largest absolute Gasteiger partial charge is 0.321 e. The van der Waals surface area contributed by atoms with Gasteiger partial charge in [-0.15, -0.1) is 0 Å². The van der Waals surface area contributed by atoms with E-state index in [0.717, 1.165) is 36.7 Å². The SMILES string of the molecule is CC1(C)c2[nH]nc(NC(=O)c3ccccn3)c2CN1C(=O)N1C[C@@H]2CCCN2CC1CC1CCCCC1. The molecule has 2 saturated heterocycles. The van der Waals surface area contributed by atoms with Crippen LogP contribution in [-0.2, 0) is 12.1 Å². The summed E-state index contributed by atoms with van der Waals surface area (Å²) in [7, 11) is 0. The molecule has 0 radical (unpaired) electrons. The van der Waals surface area contributed by atoms with Gasteiger partial charge in [-0.25, -0.2) is 4.79 Å². The lowest BCUT2D eigenvalue weighted by atomic mass is 9.84. The van der Waals surface area contributed by atoms with Gasteiger partial charge in [-0.2, -0.15) is 5.10 Å². The maximum atomic E-state index is 14.3. The molecule has 0 spiro atoms. The molecule has 198 valence electrons. The number of carbonyl (C=O) groups is 2. The normalized spacial score (nSPS) is 25.7. The number of aromatic nitrogens is 3. The van der Waals surface area contributed by atoms with E-state index in [-0.39, 0.29) is 18.0 Å². The quantitative estimate of drug-likeness (QED) is 0.644. The zero-order chi connectivity index (χ0) is 25.6. The summed E-state index contributed by atoms with van der Waals surface area (Å²) >= 11 is 0. The summed E-state index contributed by atoms with van der Waals surface area (Å²) in [5.41, 5.74) is 1.56. The number of pyridine rings is 1. The van der Waals surface area contributed by atoms with Crippen LogP contribution in [0, 0.1) is 5.92 Å². The fourth-order valence-electron chi connectivity index (χ4n) is 7.08. The number of nitrogens with one attached hydrogen (secondary N) is 2. The van der Waals surface area contributed by atoms with Crippen LogP contribution in [0.5, 0.6) is 0 Å². The van der Waals surface area contributed by atoms with E-state index < -0.39 is 5.54 Å². The number of hydrogen-bond donors (Lipinski definition) is 2. The highest BCUT2D eigenvalue weighted by atomic mass is 16.2. The molecule has 1 unspecified atom stereocenters. The number of urea groups is 1. The average Bonchev–Trinajstić information content (AvgIpc) is 3.60. The minimum absolute atomic E-state index is 0.115. The highest BCUT2D eigenvalue weighted by Crippen LogP contribution is 2.42. The van der Waals surface area contributed by atoms with Crippen LogP contribution >= 0.6 is 0 Å². The minimum atomic E-state index is -0.546. The van der Waals surface area contributed by atoms with Crippen molar-refractivity contribution in [3.63, 3.8) is 0 Å². The van der Waals surface area contributed by atoms with Crippen LogP contribution < -0.4 is 5.32 Å². The first-order valence-corrected chi connectivity index (χ1v) is 14.0. The fraction of sp³-hybridized carbons (Fsp3) is 0.643. The average molecular weight is 506 g/mol. The molecule has 2 atom stereocenters. The van der Waals surface area contributed by atoms with Gasteiger partial charge >= 0.3 is 6.03 Å². The lowest BCUT2D eigenvalue weighted by Crippen LogP contribution is -2.61. The maximum absolute atomic E-state index is 14.3. The Morgan fingerprint density at radius 3 is 2.73 bits per heavy atom. The highest BCUT2D eigenvalue weighted by Gasteiger charge is 2.48. The molecule has 9 nitrogen and oxygen atoms in total. The number of nitrogens with zero attached hydrogens (tertiary/aromatic N) is 5. The van der Waals surface area contributed by atoms with E-state index in [1.54, 1.807) is 24.4 Å². The molecule has 3 aliphatic heterocycles. The van der Waals surface area contributed by atoms with Crippen LogP contribution in [0.2, 0.25) is 0 Å². The van der Waals surface area contributed by atoms with E-state index >= 15 is 0 Å². The summed E-state index contributed by atoms with van der Waals surface area (Å²) in [6.45, 7) is 7.55. The predicted molar refractivity (Wildman–Crippen MR) is 141 cm³/mol. The topological polar surface area (TPSA) is 97.5 Å². The first kappa shape index (κ1) is 24.4. The summed E-state index contributed by atoms with van der Waals surface area (Å²) in [4.78, 5) is 38.0. The van der Waals surface area contributed by atoms with Crippen LogP contribution in [-0.4, -0.2) is 73.5 Å². The monoisotopic (exact) mass is 505 g/mol. The Hall–Kier alpha value is -2.94. The number of carbonyl (C=O) groups excluding carboxylic acids is 2. The molecular weight excluding hydrogens is 466 g/mol. The Morgan fingerprint density at radius 1 is 1.11 bits per heavy atom. The molecule has 1 saturated carbocycles. The number of aromatic amines is 1. The van der Waals surface area contributed by atoms with Gasteiger partial charge < -0.3 is 15.1 Å². The summed E-state index contributed by atoms with van der Waals surface area (Å²) in [6.07, 6.45) is 11.7. The van der Waals surface area contributed by atoms with Gasteiger partial charge in [-0.05, 0) is 57.7 Å². The van der Waals surface area contributed by atoms with Gasteiger partial charge in [-0.3, -0.25) is 19.8 Å². The molecule has 2 aromatic rings. The third-order valence-electron chi connectivity index (χ3n) is 9.20. The Balaban J connectivity index is 1.22. The molecule has 2 N–H and O–H groups in total. The summed E-state index contributed by atoms with van der Waals surface area (Å²) in [5.74, 6) is 0.904.